The molecular formula is C22H23ClN4O3. The van der Waals surface area contributed by atoms with Crippen molar-refractivity contribution >= 4 is 34.8 Å². The van der Waals surface area contributed by atoms with Crippen molar-refractivity contribution in [3.63, 3.8) is 0 Å². The van der Waals surface area contributed by atoms with Crippen molar-refractivity contribution in [1.29, 1.82) is 0 Å². The van der Waals surface area contributed by atoms with Gasteiger partial charge in [-0.2, -0.15) is 0 Å². The minimum Gasteiger partial charge on any atom is -0.380 e. The van der Waals surface area contributed by atoms with Crippen molar-refractivity contribution in [1.82, 2.24) is 9.80 Å². The maximum absolute atomic E-state index is 12.9. The Morgan fingerprint density at radius 2 is 1.63 bits per heavy atom. The van der Waals surface area contributed by atoms with Crippen LogP contribution >= 0.6 is 11.6 Å². The van der Waals surface area contributed by atoms with Gasteiger partial charge in [0.05, 0.1) is 16.4 Å². The van der Waals surface area contributed by atoms with Crippen molar-refractivity contribution in [3.05, 3.63) is 58.6 Å². The molecule has 2 aliphatic heterocycles. The molecular weight excluding hydrogens is 404 g/mol. The van der Waals surface area contributed by atoms with Gasteiger partial charge in [0.2, 0.25) is 0 Å². The van der Waals surface area contributed by atoms with E-state index in [4.69, 9.17) is 11.6 Å². The summed E-state index contributed by atoms with van der Waals surface area (Å²) in [5.41, 5.74) is 2.32. The normalized spacial score (nSPS) is 21.5. The maximum Gasteiger partial charge on any atom is 0.254 e. The number of hydrogen-bond acceptors (Lipinski definition) is 5. The number of hydrogen-bond donors (Lipinski definition) is 3. The number of carbonyl (C=O) groups excluding carboxylic acids is 2. The molecule has 2 heterocycles. The van der Waals surface area contributed by atoms with Gasteiger partial charge >= 0.3 is 0 Å². The van der Waals surface area contributed by atoms with Gasteiger partial charge in [0.15, 0.2) is 0 Å². The first-order valence-electron chi connectivity index (χ1n) is 10.2. The van der Waals surface area contributed by atoms with E-state index < -0.39 is 5.60 Å². The smallest absolute Gasteiger partial charge is 0.254 e. The van der Waals surface area contributed by atoms with Crippen molar-refractivity contribution in [2.24, 2.45) is 0 Å². The topological polar surface area (TPSA) is 84.9 Å². The quantitative estimate of drug-likeness (QED) is 0.702. The molecule has 1 atom stereocenters. The lowest BCUT2D eigenvalue weighted by molar-refractivity contribution is -0.143. The second-order valence-corrected chi connectivity index (χ2v) is 8.53. The summed E-state index contributed by atoms with van der Waals surface area (Å²) >= 11 is 6.24. The zero-order valence-electron chi connectivity index (χ0n) is 16.4. The average molecular weight is 427 g/mol. The van der Waals surface area contributed by atoms with Crippen LogP contribution in [0.5, 0.6) is 0 Å². The van der Waals surface area contributed by atoms with E-state index in [0.29, 0.717) is 49.6 Å². The molecule has 156 valence electrons. The molecule has 7 nitrogen and oxygen atoms in total. The standard InChI is InChI=1S/C22H23ClN4O3/c23-16-2-1-3-17-18(16)25-19(24-17)14-4-6-15(7-5-14)20(28)26-10-12-27(13-11-26)21(29)22(30)8-9-22/h1-7,19,24-25,30H,8-13H2. The lowest BCUT2D eigenvalue weighted by Crippen LogP contribution is -2.53. The molecule has 3 aliphatic rings. The number of para-hydroxylation sites is 1. The number of benzene rings is 2. The van der Waals surface area contributed by atoms with Crippen LogP contribution in [-0.2, 0) is 4.79 Å². The van der Waals surface area contributed by atoms with Gasteiger partial charge in [0.1, 0.15) is 11.8 Å². The highest BCUT2D eigenvalue weighted by atomic mass is 35.5. The fraction of sp³-hybridized carbons (Fsp3) is 0.364. The predicted molar refractivity (Wildman–Crippen MR) is 115 cm³/mol. The molecule has 1 saturated carbocycles. The van der Waals surface area contributed by atoms with E-state index in [1.165, 1.54) is 0 Å². The summed E-state index contributed by atoms with van der Waals surface area (Å²) in [5, 5.41) is 17.4. The minimum absolute atomic E-state index is 0.0440. The Hall–Kier alpha value is -2.77. The van der Waals surface area contributed by atoms with Crippen molar-refractivity contribution in [3.8, 4) is 0 Å². The Labute approximate surface area is 179 Å². The number of piperazine rings is 1. The van der Waals surface area contributed by atoms with Gasteiger partial charge in [-0.05, 0) is 42.7 Å². The van der Waals surface area contributed by atoms with E-state index in [2.05, 4.69) is 10.6 Å². The van der Waals surface area contributed by atoms with E-state index >= 15 is 0 Å². The van der Waals surface area contributed by atoms with Crippen LogP contribution in [0.1, 0.15) is 34.9 Å². The van der Waals surface area contributed by atoms with E-state index in [0.717, 1.165) is 16.9 Å². The second-order valence-electron chi connectivity index (χ2n) is 8.12. The SMILES string of the molecule is O=C(c1ccc(C2Nc3cccc(Cl)c3N2)cc1)N1CCN(C(=O)C2(O)CC2)CC1. The molecule has 0 spiro atoms. The Bertz CT molecular complexity index is 998. The van der Waals surface area contributed by atoms with E-state index in [-0.39, 0.29) is 18.0 Å². The third-order valence-electron chi connectivity index (χ3n) is 6.07. The molecule has 2 aromatic carbocycles. The largest absolute Gasteiger partial charge is 0.380 e. The molecule has 1 saturated heterocycles. The summed E-state index contributed by atoms with van der Waals surface area (Å²) in [6.07, 6.45) is 0.977. The average Bonchev–Trinajstić information content (AvgIpc) is 3.37. The number of aliphatic hydroxyl groups is 1. The Morgan fingerprint density at radius 1 is 0.967 bits per heavy atom. The molecule has 0 bridgehead atoms. The number of nitrogens with one attached hydrogen (secondary N) is 2. The zero-order chi connectivity index (χ0) is 20.9. The molecule has 0 radical (unpaired) electrons. The molecule has 2 aromatic rings. The molecule has 30 heavy (non-hydrogen) atoms. The number of rotatable bonds is 3. The molecule has 5 rings (SSSR count). The maximum atomic E-state index is 12.9. The zero-order valence-corrected chi connectivity index (χ0v) is 17.2. The van der Waals surface area contributed by atoms with Crippen molar-refractivity contribution in [2.45, 2.75) is 24.6 Å². The summed E-state index contributed by atoms with van der Waals surface area (Å²) in [6.45, 7) is 1.86. The molecule has 2 fully saturated rings. The Morgan fingerprint density at radius 3 is 2.27 bits per heavy atom. The summed E-state index contributed by atoms with van der Waals surface area (Å²) in [6, 6.07) is 13.2. The van der Waals surface area contributed by atoms with Gasteiger partial charge in [-0.15, -0.1) is 0 Å². The lowest BCUT2D eigenvalue weighted by Gasteiger charge is -2.35. The minimum atomic E-state index is -1.14. The Kier molecular flexibility index (Phi) is 4.60. The monoisotopic (exact) mass is 426 g/mol. The fourth-order valence-corrected chi connectivity index (χ4v) is 4.26. The molecule has 3 N–H and O–H groups in total. The first kappa shape index (κ1) is 19.2. The van der Waals surface area contributed by atoms with Gasteiger partial charge in [-0.25, -0.2) is 0 Å². The number of fused-ring (bicyclic) bond motifs is 1. The third kappa shape index (κ3) is 3.38. The molecule has 2 amide bonds. The van der Waals surface area contributed by atoms with Crippen LogP contribution in [0.15, 0.2) is 42.5 Å². The van der Waals surface area contributed by atoms with Crippen LogP contribution < -0.4 is 10.6 Å². The highest BCUT2D eigenvalue weighted by Gasteiger charge is 2.50. The molecule has 0 aromatic heterocycles. The van der Waals surface area contributed by atoms with Crippen LogP contribution in [-0.4, -0.2) is 58.5 Å². The van der Waals surface area contributed by atoms with Gasteiger partial charge in [0, 0.05) is 31.7 Å². The highest BCUT2D eigenvalue weighted by molar-refractivity contribution is 6.34. The van der Waals surface area contributed by atoms with Gasteiger partial charge in [-0.1, -0.05) is 29.8 Å². The van der Waals surface area contributed by atoms with Crippen LogP contribution in [0.4, 0.5) is 11.4 Å². The summed E-state index contributed by atoms with van der Waals surface area (Å²) < 4.78 is 0. The molecule has 1 unspecified atom stereocenters. The number of amides is 2. The predicted octanol–water partition coefficient (Wildman–Crippen LogP) is 2.69. The molecule has 8 heteroatoms. The van der Waals surface area contributed by atoms with Gasteiger partial charge in [0.25, 0.3) is 11.8 Å². The lowest BCUT2D eigenvalue weighted by atomic mass is 10.1. The van der Waals surface area contributed by atoms with E-state index in [1.807, 2.05) is 42.5 Å². The van der Waals surface area contributed by atoms with Crippen LogP contribution in [0.3, 0.4) is 0 Å². The van der Waals surface area contributed by atoms with Crippen LogP contribution in [0, 0.1) is 0 Å². The number of carbonyl (C=O) groups is 2. The van der Waals surface area contributed by atoms with Crippen molar-refractivity contribution in [2.75, 3.05) is 36.8 Å². The van der Waals surface area contributed by atoms with E-state index in [1.54, 1.807) is 9.80 Å². The van der Waals surface area contributed by atoms with Crippen molar-refractivity contribution < 1.29 is 14.7 Å². The highest BCUT2D eigenvalue weighted by Crippen LogP contribution is 2.40. The van der Waals surface area contributed by atoms with Gasteiger partial charge < -0.3 is 25.5 Å². The fourth-order valence-electron chi connectivity index (χ4n) is 4.03. The molecule has 1 aliphatic carbocycles. The number of anilines is 2. The summed E-state index contributed by atoms with van der Waals surface area (Å²) in [5.74, 6) is -0.242. The second kappa shape index (κ2) is 7.18. The third-order valence-corrected chi connectivity index (χ3v) is 6.38. The first-order chi connectivity index (χ1) is 14.4. The Balaban J connectivity index is 1.21. The number of nitrogens with zero attached hydrogens (tertiary/aromatic N) is 2. The first-order valence-corrected chi connectivity index (χ1v) is 10.5. The number of halogens is 1. The van der Waals surface area contributed by atoms with Crippen LogP contribution in [0.2, 0.25) is 5.02 Å². The summed E-state index contributed by atoms with van der Waals surface area (Å²) in [4.78, 5) is 28.5. The summed E-state index contributed by atoms with van der Waals surface area (Å²) in [7, 11) is 0. The van der Waals surface area contributed by atoms with E-state index in [9.17, 15) is 14.7 Å². The van der Waals surface area contributed by atoms with Gasteiger partial charge in [-0.3, -0.25) is 9.59 Å². The van der Waals surface area contributed by atoms with Crippen LogP contribution in [0.25, 0.3) is 0 Å².